The summed E-state index contributed by atoms with van der Waals surface area (Å²) in [5.74, 6) is -0.598. The van der Waals surface area contributed by atoms with Crippen molar-refractivity contribution in [3.8, 4) is 0 Å². The Morgan fingerprint density at radius 2 is 1.83 bits per heavy atom. The molecule has 1 aromatic carbocycles. The van der Waals surface area contributed by atoms with Crippen LogP contribution in [0.3, 0.4) is 0 Å². The van der Waals surface area contributed by atoms with Crippen molar-refractivity contribution in [2.75, 3.05) is 0 Å². The van der Waals surface area contributed by atoms with Gasteiger partial charge in [-0.3, -0.25) is 14.5 Å². The third kappa shape index (κ3) is 5.14. The maximum Gasteiger partial charge on any atom is 0.325 e. The molecule has 1 aromatic rings. The highest BCUT2D eigenvalue weighted by Crippen LogP contribution is 2.26. The Bertz CT molecular complexity index is 744. The number of halogens is 1. The maximum atomic E-state index is 13.2. The molecule has 7 heteroatoms. The second kappa shape index (κ2) is 9.37. The van der Waals surface area contributed by atoms with E-state index in [2.05, 4.69) is 10.6 Å². The topological polar surface area (TPSA) is 78.5 Å². The molecule has 4 amide bonds. The van der Waals surface area contributed by atoms with Crippen molar-refractivity contribution in [1.29, 1.82) is 0 Å². The molecule has 0 aromatic heterocycles. The molecule has 2 unspecified atom stereocenters. The van der Waals surface area contributed by atoms with Gasteiger partial charge in [0.05, 0.1) is 6.04 Å². The molecule has 2 fully saturated rings. The molecular weight excluding hydrogens is 373 g/mol. The zero-order valence-electron chi connectivity index (χ0n) is 17.1. The van der Waals surface area contributed by atoms with E-state index in [1.165, 1.54) is 17.0 Å². The van der Waals surface area contributed by atoms with E-state index in [-0.39, 0.29) is 54.5 Å². The van der Waals surface area contributed by atoms with Crippen LogP contribution >= 0.6 is 0 Å². The first-order valence-electron chi connectivity index (χ1n) is 10.5. The van der Waals surface area contributed by atoms with Gasteiger partial charge in [-0.25, -0.2) is 9.18 Å². The number of benzene rings is 1. The van der Waals surface area contributed by atoms with E-state index in [9.17, 15) is 18.8 Å². The molecule has 1 aliphatic carbocycles. The normalized spacial score (nSPS) is 21.4. The highest BCUT2D eigenvalue weighted by Gasteiger charge is 2.42. The molecule has 0 radical (unpaired) electrons. The Balaban J connectivity index is 1.55. The Morgan fingerprint density at radius 1 is 1.17 bits per heavy atom. The molecular formula is C22H30FN3O3. The summed E-state index contributed by atoms with van der Waals surface area (Å²) in [6.07, 6.45) is 5.35. The van der Waals surface area contributed by atoms with Crippen LogP contribution in [0.25, 0.3) is 0 Å². The van der Waals surface area contributed by atoms with E-state index in [1.54, 1.807) is 12.1 Å². The summed E-state index contributed by atoms with van der Waals surface area (Å²) >= 11 is 0. The molecule has 2 atom stereocenters. The van der Waals surface area contributed by atoms with Gasteiger partial charge >= 0.3 is 6.03 Å². The van der Waals surface area contributed by atoms with Gasteiger partial charge in [0.1, 0.15) is 11.9 Å². The van der Waals surface area contributed by atoms with Crippen LogP contribution in [0.15, 0.2) is 24.3 Å². The minimum atomic E-state index is -0.640. The first-order chi connectivity index (χ1) is 13.9. The zero-order chi connectivity index (χ0) is 21.0. The molecule has 1 saturated heterocycles. The quantitative estimate of drug-likeness (QED) is 0.682. The number of hydrogen-bond donors (Lipinski definition) is 2. The van der Waals surface area contributed by atoms with Gasteiger partial charge < -0.3 is 10.6 Å². The van der Waals surface area contributed by atoms with Gasteiger partial charge in [-0.05, 0) is 42.9 Å². The number of amides is 4. The Kier molecular flexibility index (Phi) is 6.87. The highest BCUT2D eigenvalue weighted by atomic mass is 19.1. The molecule has 1 heterocycles. The van der Waals surface area contributed by atoms with Gasteiger partial charge in [0, 0.05) is 12.5 Å². The van der Waals surface area contributed by atoms with Crippen LogP contribution in [0.4, 0.5) is 9.18 Å². The lowest BCUT2D eigenvalue weighted by Crippen LogP contribution is -2.42. The van der Waals surface area contributed by atoms with E-state index in [4.69, 9.17) is 0 Å². The first kappa shape index (κ1) is 21.3. The van der Waals surface area contributed by atoms with Crippen LogP contribution in [0.5, 0.6) is 0 Å². The van der Waals surface area contributed by atoms with Crippen molar-refractivity contribution < 1.29 is 18.8 Å². The van der Waals surface area contributed by atoms with E-state index in [0.29, 0.717) is 0 Å². The number of nitrogens with zero attached hydrogens (tertiary/aromatic N) is 1. The summed E-state index contributed by atoms with van der Waals surface area (Å²) in [7, 11) is 0. The zero-order valence-corrected chi connectivity index (χ0v) is 17.1. The fourth-order valence-corrected chi connectivity index (χ4v) is 4.26. The average molecular weight is 403 g/mol. The standard InChI is InChI=1S/C22H30FN3O3/c1-14(2)20(15-8-10-16(23)11-9-15)25-19(27)13-12-18-21(28)26(22(29)24-18)17-6-4-3-5-7-17/h8-11,14,17-18,20H,3-7,12-13H2,1-2H3,(H,24,29)(H,25,27). The Hall–Kier alpha value is -2.44. The molecule has 1 aliphatic heterocycles. The van der Waals surface area contributed by atoms with Gasteiger partial charge in [0.25, 0.3) is 5.91 Å². The molecule has 0 spiro atoms. The van der Waals surface area contributed by atoms with Crippen molar-refractivity contribution in [3.63, 3.8) is 0 Å². The van der Waals surface area contributed by atoms with Crippen molar-refractivity contribution in [2.24, 2.45) is 5.92 Å². The van der Waals surface area contributed by atoms with Gasteiger partial charge in [-0.15, -0.1) is 0 Å². The molecule has 3 rings (SSSR count). The van der Waals surface area contributed by atoms with Crippen LogP contribution in [0.1, 0.15) is 70.4 Å². The lowest BCUT2D eigenvalue weighted by molar-refractivity contribution is -0.129. The number of rotatable bonds is 7. The molecule has 6 nitrogen and oxygen atoms in total. The summed E-state index contributed by atoms with van der Waals surface area (Å²) in [5, 5.41) is 5.71. The monoisotopic (exact) mass is 403 g/mol. The van der Waals surface area contributed by atoms with Crippen molar-refractivity contribution >= 4 is 17.8 Å². The van der Waals surface area contributed by atoms with Crippen LogP contribution in [0, 0.1) is 11.7 Å². The van der Waals surface area contributed by atoms with Gasteiger partial charge in [-0.1, -0.05) is 45.2 Å². The molecule has 0 bridgehead atoms. The van der Waals surface area contributed by atoms with E-state index < -0.39 is 6.04 Å². The summed E-state index contributed by atoms with van der Waals surface area (Å²) in [4.78, 5) is 38.8. The third-order valence-corrected chi connectivity index (χ3v) is 5.86. The minimum absolute atomic E-state index is 0.0149. The number of carbonyl (C=O) groups excluding carboxylic acids is 3. The largest absolute Gasteiger partial charge is 0.349 e. The summed E-state index contributed by atoms with van der Waals surface area (Å²) in [6, 6.07) is 4.87. The second-order valence-electron chi connectivity index (χ2n) is 8.38. The van der Waals surface area contributed by atoms with Crippen molar-refractivity contribution in [1.82, 2.24) is 15.5 Å². The fraction of sp³-hybridized carbons (Fsp3) is 0.591. The predicted octanol–water partition coefficient (Wildman–Crippen LogP) is 3.67. The number of urea groups is 1. The van der Waals surface area contributed by atoms with Gasteiger partial charge in [-0.2, -0.15) is 0 Å². The number of hydrogen-bond acceptors (Lipinski definition) is 3. The van der Waals surface area contributed by atoms with E-state index in [0.717, 1.165) is 37.7 Å². The summed E-state index contributed by atoms with van der Waals surface area (Å²) < 4.78 is 13.2. The molecule has 2 aliphatic rings. The maximum absolute atomic E-state index is 13.2. The molecule has 29 heavy (non-hydrogen) atoms. The van der Waals surface area contributed by atoms with Crippen molar-refractivity contribution in [3.05, 3.63) is 35.6 Å². The van der Waals surface area contributed by atoms with Gasteiger partial charge in [0.2, 0.25) is 5.91 Å². The van der Waals surface area contributed by atoms with Crippen LogP contribution in [-0.2, 0) is 9.59 Å². The van der Waals surface area contributed by atoms with Gasteiger partial charge in [0.15, 0.2) is 0 Å². The lowest BCUT2D eigenvalue weighted by atomic mass is 9.94. The number of nitrogens with one attached hydrogen (secondary N) is 2. The summed E-state index contributed by atoms with van der Waals surface area (Å²) in [5.41, 5.74) is 0.837. The Labute approximate surface area is 171 Å². The highest BCUT2D eigenvalue weighted by molar-refractivity contribution is 6.04. The molecule has 2 N–H and O–H groups in total. The SMILES string of the molecule is CC(C)C(NC(=O)CCC1NC(=O)N(C2CCCCC2)C1=O)c1ccc(F)cc1. The van der Waals surface area contributed by atoms with Crippen LogP contribution in [0.2, 0.25) is 0 Å². The predicted molar refractivity (Wildman–Crippen MR) is 107 cm³/mol. The molecule has 158 valence electrons. The first-order valence-corrected chi connectivity index (χ1v) is 10.5. The fourth-order valence-electron chi connectivity index (χ4n) is 4.26. The molecule has 1 saturated carbocycles. The van der Waals surface area contributed by atoms with E-state index >= 15 is 0 Å². The summed E-state index contributed by atoms with van der Waals surface area (Å²) in [6.45, 7) is 3.97. The number of imide groups is 1. The third-order valence-electron chi connectivity index (χ3n) is 5.86. The van der Waals surface area contributed by atoms with Crippen LogP contribution < -0.4 is 10.6 Å². The second-order valence-corrected chi connectivity index (χ2v) is 8.38. The van der Waals surface area contributed by atoms with Crippen molar-refractivity contribution in [2.45, 2.75) is 76.9 Å². The van der Waals surface area contributed by atoms with Crippen LogP contribution in [-0.4, -0.2) is 34.8 Å². The lowest BCUT2D eigenvalue weighted by Gasteiger charge is -2.28. The smallest absolute Gasteiger partial charge is 0.325 e. The Morgan fingerprint density at radius 3 is 2.45 bits per heavy atom. The minimum Gasteiger partial charge on any atom is -0.349 e. The van der Waals surface area contributed by atoms with E-state index in [1.807, 2.05) is 13.8 Å². The average Bonchev–Trinajstić information content (AvgIpc) is 2.99. The number of carbonyl (C=O) groups is 3.